The van der Waals surface area contributed by atoms with Gasteiger partial charge in [-0.3, -0.25) is 0 Å². The summed E-state index contributed by atoms with van der Waals surface area (Å²) in [6, 6.07) is 17.3. The van der Waals surface area contributed by atoms with E-state index in [0.717, 1.165) is 0 Å². The van der Waals surface area contributed by atoms with Crippen LogP contribution >= 0.6 is 49.9 Å². The van der Waals surface area contributed by atoms with Gasteiger partial charge in [-0.15, -0.1) is 11.3 Å². The van der Waals surface area contributed by atoms with Crippen molar-refractivity contribution < 1.29 is 0 Å². The molecular weight excluding hydrogens is 419 g/mol. The van der Waals surface area contributed by atoms with Gasteiger partial charge in [0.15, 0.2) is 0 Å². The number of thiophene rings is 1. The maximum atomic E-state index is 3.82. The second-order valence-corrected chi connectivity index (χ2v) is 7.17. The Morgan fingerprint density at radius 1 is 1.00 bits per heavy atom. The van der Waals surface area contributed by atoms with Crippen molar-refractivity contribution in [2.45, 2.75) is 4.83 Å². The molecule has 3 rings (SSSR count). The zero-order valence-corrected chi connectivity index (χ0v) is 14.0. The first-order chi connectivity index (χ1) is 8.75. The Hall–Kier alpha value is -0.390. The molecule has 0 nitrogen and oxygen atoms in total. The van der Waals surface area contributed by atoms with Gasteiger partial charge in [0.05, 0.1) is 4.83 Å². The first-order valence-corrected chi connectivity index (χ1v) is 8.49. The summed E-state index contributed by atoms with van der Waals surface area (Å²) in [5, 5.41) is 3.60. The van der Waals surface area contributed by atoms with Gasteiger partial charge in [0, 0.05) is 8.27 Å². The lowest BCUT2D eigenvalue weighted by Gasteiger charge is -2.09. The summed E-state index contributed by atoms with van der Waals surface area (Å²) in [5.41, 5.74) is 2.66. The fraction of sp³-hybridized carbons (Fsp3) is 0.0667. The zero-order valence-electron chi connectivity index (χ0n) is 9.44. The maximum Gasteiger partial charge on any atom is 0.0658 e. The normalized spacial score (nSPS) is 12.8. The smallest absolute Gasteiger partial charge is 0.0658 e. The molecule has 0 aliphatic carbocycles. The molecule has 0 aliphatic rings. The predicted octanol–water partition coefficient (Wildman–Crippen LogP) is 5.99. The molecule has 0 spiro atoms. The number of alkyl halides is 1. The van der Waals surface area contributed by atoms with E-state index in [1.54, 1.807) is 0 Å². The zero-order chi connectivity index (χ0) is 12.5. The molecule has 18 heavy (non-hydrogen) atoms. The Labute approximate surface area is 132 Å². The number of fused-ring (bicyclic) bond motifs is 1. The van der Waals surface area contributed by atoms with Gasteiger partial charge in [-0.2, -0.15) is 0 Å². The summed E-state index contributed by atoms with van der Waals surface area (Å²) in [4.78, 5) is 0.269. The van der Waals surface area contributed by atoms with Gasteiger partial charge in [0.25, 0.3) is 0 Å². The summed E-state index contributed by atoms with van der Waals surface area (Å²) in [5.74, 6) is 0. The lowest BCUT2D eigenvalue weighted by molar-refractivity contribution is 1.21. The van der Waals surface area contributed by atoms with E-state index in [9.17, 15) is 0 Å². The van der Waals surface area contributed by atoms with Gasteiger partial charge in [-0.05, 0) is 62.7 Å². The van der Waals surface area contributed by atoms with E-state index >= 15 is 0 Å². The van der Waals surface area contributed by atoms with Crippen LogP contribution < -0.4 is 0 Å². The Bertz CT molecular complexity index is 672. The van der Waals surface area contributed by atoms with Gasteiger partial charge in [-0.25, -0.2) is 0 Å². The molecule has 1 aromatic heterocycles. The van der Waals surface area contributed by atoms with Crippen LogP contribution in [0.25, 0.3) is 10.1 Å². The molecular formula is C15H10BrIS. The largest absolute Gasteiger partial charge is 0.143 e. The molecule has 1 atom stereocenters. The van der Waals surface area contributed by atoms with Crippen LogP contribution in [0.5, 0.6) is 0 Å². The highest BCUT2D eigenvalue weighted by atomic mass is 127. The third kappa shape index (κ3) is 2.36. The van der Waals surface area contributed by atoms with Gasteiger partial charge >= 0.3 is 0 Å². The first kappa shape index (κ1) is 12.6. The molecule has 0 bridgehead atoms. The van der Waals surface area contributed by atoms with Crippen LogP contribution in [0, 0.1) is 3.57 Å². The quantitative estimate of drug-likeness (QED) is 0.347. The van der Waals surface area contributed by atoms with Crippen molar-refractivity contribution in [1.82, 2.24) is 0 Å². The maximum absolute atomic E-state index is 3.82. The van der Waals surface area contributed by atoms with Crippen LogP contribution in [0.4, 0.5) is 0 Å². The molecule has 1 heterocycles. The van der Waals surface area contributed by atoms with Crippen molar-refractivity contribution in [3.05, 3.63) is 68.6 Å². The molecule has 0 N–H and O–H groups in total. The highest BCUT2D eigenvalue weighted by molar-refractivity contribution is 14.1. The van der Waals surface area contributed by atoms with Gasteiger partial charge < -0.3 is 0 Å². The molecule has 0 fully saturated rings. The van der Waals surface area contributed by atoms with Crippen LogP contribution in [0.2, 0.25) is 0 Å². The summed E-state index contributed by atoms with van der Waals surface area (Å²) < 4.78 is 2.62. The molecule has 0 radical (unpaired) electrons. The summed E-state index contributed by atoms with van der Waals surface area (Å²) in [6.45, 7) is 0. The Kier molecular flexibility index (Phi) is 3.73. The molecule has 0 saturated carbocycles. The van der Waals surface area contributed by atoms with Crippen LogP contribution in [-0.2, 0) is 0 Å². The minimum atomic E-state index is 0.269. The van der Waals surface area contributed by atoms with E-state index in [1.165, 1.54) is 24.8 Å². The summed E-state index contributed by atoms with van der Waals surface area (Å²) in [6.07, 6.45) is 0. The Morgan fingerprint density at radius 2 is 1.72 bits per heavy atom. The molecule has 0 aliphatic heterocycles. The summed E-state index contributed by atoms with van der Waals surface area (Å²) in [7, 11) is 0. The first-order valence-electron chi connectivity index (χ1n) is 5.61. The second-order valence-electron chi connectivity index (χ2n) is 4.10. The van der Waals surface area contributed by atoms with Crippen molar-refractivity contribution in [2.75, 3.05) is 0 Å². The molecule has 1 unspecified atom stereocenters. The van der Waals surface area contributed by atoms with Crippen LogP contribution in [0.3, 0.4) is 0 Å². The third-order valence-electron chi connectivity index (χ3n) is 2.95. The van der Waals surface area contributed by atoms with Crippen molar-refractivity contribution in [3.63, 3.8) is 0 Å². The molecule has 2 aromatic carbocycles. The van der Waals surface area contributed by atoms with Crippen molar-refractivity contribution in [1.29, 1.82) is 0 Å². The minimum Gasteiger partial charge on any atom is -0.143 e. The topological polar surface area (TPSA) is 0 Å². The van der Waals surface area contributed by atoms with Gasteiger partial charge in [0.1, 0.15) is 0 Å². The highest BCUT2D eigenvalue weighted by Gasteiger charge is 2.14. The minimum absolute atomic E-state index is 0.269. The second kappa shape index (κ2) is 5.31. The molecule has 3 aromatic rings. The lowest BCUT2D eigenvalue weighted by Crippen LogP contribution is -1.91. The SMILES string of the molecule is BrC(c1ccc(I)cc1)c1csc2ccccc12. The number of benzene rings is 2. The molecule has 90 valence electrons. The number of hydrogen-bond acceptors (Lipinski definition) is 1. The fourth-order valence-electron chi connectivity index (χ4n) is 2.01. The summed E-state index contributed by atoms with van der Waals surface area (Å²) >= 11 is 7.97. The van der Waals surface area contributed by atoms with E-state index in [0.29, 0.717) is 0 Å². The van der Waals surface area contributed by atoms with Crippen molar-refractivity contribution in [2.24, 2.45) is 0 Å². The Morgan fingerprint density at radius 3 is 2.50 bits per heavy atom. The average Bonchev–Trinajstić information content (AvgIpc) is 2.82. The Balaban J connectivity index is 2.06. The number of halogens is 2. The van der Waals surface area contributed by atoms with E-state index in [4.69, 9.17) is 0 Å². The van der Waals surface area contributed by atoms with E-state index in [-0.39, 0.29) is 4.83 Å². The highest BCUT2D eigenvalue weighted by Crippen LogP contribution is 2.38. The predicted molar refractivity (Wildman–Crippen MR) is 91.8 cm³/mol. The van der Waals surface area contributed by atoms with Crippen LogP contribution in [0.1, 0.15) is 16.0 Å². The monoisotopic (exact) mass is 428 g/mol. The van der Waals surface area contributed by atoms with Crippen LogP contribution in [0.15, 0.2) is 53.9 Å². The van der Waals surface area contributed by atoms with E-state index < -0.39 is 0 Å². The van der Waals surface area contributed by atoms with Gasteiger partial charge in [-0.1, -0.05) is 46.3 Å². The van der Waals surface area contributed by atoms with Crippen molar-refractivity contribution >= 4 is 59.9 Å². The average molecular weight is 429 g/mol. The van der Waals surface area contributed by atoms with E-state index in [1.807, 2.05) is 11.3 Å². The molecule has 3 heteroatoms. The van der Waals surface area contributed by atoms with Gasteiger partial charge in [0.2, 0.25) is 0 Å². The van der Waals surface area contributed by atoms with Crippen LogP contribution in [-0.4, -0.2) is 0 Å². The number of rotatable bonds is 2. The van der Waals surface area contributed by atoms with Crippen molar-refractivity contribution in [3.8, 4) is 0 Å². The fourth-order valence-corrected chi connectivity index (χ4v) is 4.21. The lowest BCUT2D eigenvalue weighted by atomic mass is 10.0. The van der Waals surface area contributed by atoms with E-state index in [2.05, 4.69) is 92.4 Å². The standard InChI is InChI=1S/C15H10BrIS/c16-15(10-5-7-11(17)8-6-10)13-9-18-14-4-2-1-3-12(13)14/h1-9,15H. The third-order valence-corrected chi connectivity index (χ3v) is 5.67. The molecule has 0 saturated heterocycles. The molecule has 0 amide bonds. The number of hydrogen-bond donors (Lipinski definition) is 0.